The molecular formula is C16H25N5O2. The molecule has 0 unspecified atom stereocenters. The molecule has 1 aromatic rings. The minimum atomic E-state index is 0.194. The zero-order valence-corrected chi connectivity index (χ0v) is 13.9. The van der Waals surface area contributed by atoms with E-state index in [1.807, 2.05) is 24.9 Å². The second kappa shape index (κ2) is 7.23. The summed E-state index contributed by atoms with van der Waals surface area (Å²) >= 11 is 0. The molecule has 7 heteroatoms. The highest BCUT2D eigenvalue weighted by molar-refractivity contribution is 5.78. The Labute approximate surface area is 137 Å². The van der Waals surface area contributed by atoms with Crippen molar-refractivity contribution >= 4 is 11.7 Å². The summed E-state index contributed by atoms with van der Waals surface area (Å²) in [6.07, 6.45) is 2.13. The van der Waals surface area contributed by atoms with Crippen LogP contribution in [-0.2, 0) is 9.53 Å². The highest BCUT2D eigenvalue weighted by Gasteiger charge is 2.30. The molecule has 126 valence electrons. The molecule has 2 saturated heterocycles. The van der Waals surface area contributed by atoms with Crippen LogP contribution in [0.2, 0.25) is 0 Å². The van der Waals surface area contributed by atoms with Crippen molar-refractivity contribution < 1.29 is 9.53 Å². The molecule has 2 aliphatic rings. The van der Waals surface area contributed by atoms with E-state index in [2.05, 4.69) is 20.2 Å². The second-order valence-electron chi connectivity index (χ2n) is 6.10. The largest absolute Gasteiger partial charge is 0.378 e. The standard InChI is InChI=1S/C16H25N5O2/c1-12-18-13(10-15(17-2)19-12)14-4-3-5-21(14)11-16(22)20-6-8-23-9-7-20/h10,14H,3-9,11H2,1-2H3,(H,17,18,19)/t14-/m1/s1. The topological polar surface area (TPSA) is 70.6 Å². The number of rotatable bonds is 4. The fourth-order valence-corrected chi connectivity index (χ4v) is 3.33. The summed E-state index contributed by atoms with van der Waals surface area (Å²) in [5.41, 5.74) is 1.01. The molecule has 1 aromatic heterocycles. The maximum atomic E-state index is 12.5. The number of morpholine rings is 1. The Morgan fingerprint density at radius 2 is 2.13 bits per heavy atom. The van der Waals surface area contributed by atoms with Gasteiger partial charge in [0, 0.05) is 26.2 Å². The van der Waals surface area contributed by atoms with Crippen molar-refractivity contribution in [2.75, 3.05) is 51.8 Å². The molecule has 0 radical (unpaired) electrons. The predicted molar refractivity (Wildman–Crippen MR) is 87.3 cm³/mol. The SMILES string of the molecule is CNc1cc([C@H]2CCCN2CC(=O)N2CCOCC2)nc(C)n1. The lowest BCUT2D eigenvalue weighted by Gasteiger charge is -2.30. The molecule has 0 aromatic carbocycles. The smallest absolute Gasteiger partial charge is 0.236 e. The normalized spacial score (nSPS) is 22.3. The summed E-state index contributed by atoms with van der Waals surface area (Å²) in [5.74, 6) is 1.79. The number of likely N-dealkylation sites (tertiary alicyclic amines) is 1. The van der Waals surface area contributed by atoms with Crippen molar-refractivity contribution in [1.29, 1.82) is 0 Å². The monoisotopic (exact) mass is 319 g/mol. The first-order valence-electron chi connectivity index (χ1n) is 8.30. The Bertz CT molecular complexity index is 559. The molecule has 0 saturated carbocycles. The van der Waals surface area contributed by atoms with E-state index in [9.17, 15) is 4.79 Å². The lowest BCUT2D eigenvalue weighted by molar-refractivity contribution is -0.136. The fraction of sp³-hybridized carbons (Fsp3) is 0.688. The van der Waals surface area contributed by atoms with Gasteiger partial charge >= 0.3 is 0 Å². The number of amides is 1. The molecule has 2 fully saturated rings. The van der Waals surface area contributed by atoms with E-state index in [4.69, 9.17) is 4.74 Å². The quantitative estimate of drug-likeness (QED) is 0.886. The minimum Gasteiger partial charge on any atom is -0.378 e. The third-order valence-electron chi connectivity index (χ3n) is 4.52. The first-order chi connectivity index (χ1) is 11.2. The zero-order chi connectivity index (χ0) is 16.2. The van der Waals surface area contributed by atoms with Gasteiger partial charge in [-0.2, -0.15) is 0 Å². The molecule has 2 aliphatic heterocycles. The van der Waals surface area contributed by atoms with Crippen LogP contribution in [0.5, 0.6) is 0 Å². The summed E-state index contributed by atoms with van der Waals surface area (Å²) in [5, 5.41) is 3.08. The predicted octanol–water partition coefficient (Wildman–Crippen LogP) is 0.822. The van der Waals surface area contributed by atoms with Crippen molar-refractivity contribution in [3.05, 3.63) is 17.6 Å². The van der Waals surface area contributed by atoms with Gasteiger partial charge in [0.2, 0.25) is 5.91 Å². The Morgan fingerprint density at radius 1 is 1.35 bits per heavy atom. The van der Waals surface area contributed by atoms with Gasteiger partial charge in [-0.25, -0.2) is 9.97 Å². The first-order valence-corrected chi connectivity index (χ1v) is 8.30. The number of hydrogen-bond donors (Lipinski definition) is 1. The third-order valence-corrected chi connectivity index (χ3v) is 4.52. The van der Waals surface area contributed by atoms with Gasteiger partial charge in [-0.1, -0.05) is 0 Å². The van der Waals surface area contributed by atoms with E-state index in [0.717, 1.165) is 36.7 Å². The lowest BCUT2D eigenvalue weighted by atomic mass is 10.1. The fourth-order valence-electron chi connectivity index (χ4n) is 3.33. The minimum absolute atomic E-state index is 0.194. The van der Waals surface area contributed by atoms with Gasteiger partial charge in [0.05, 0.1) is 31.5 Å². The van der Waals surface area contributed by atoms with Crippen LogP contribution in [0.1, 0.15) is 30.4 Å². The third kappa shape index (κ3) is 3.79. The van der Waals surface area contributed by atoms with E-state index in [1.165, 1.54) is 0 Å². The van der Waals surface area contributed by atoms with E-state index in [0.29, 0.717) is 32.8 Å². The van der Waals surface area contributed by atoms with Gasteiger partial charge in [-0.05, 0) is 26.3 Å². The van der Waals surface area contributed by atoms with Gasteiger partial charge in [0.1, 0.15) is 11.6 Å². The Morgan fingerprint density at radius 3 is 2.87 bits per heavy atom. The van der Waals surface area contributed by atoms with Crippen LogP contribution in [0.25, 0.3) is 0 Å². The van der Waals surface area contributed by atoms with E-state index in [1.54, 1.807) is 0 Å². The van der Waals surface area contributed by atoms with E-state index >= 15 is 0 Å². The second-order valence-corrected chi connectivity index (χ2v) is 6.10. The molecule has 1 atom stereocenters. The molecule has 3 heterocycles. The number of carbonyl (C=O) groups is 1. The number of hydrogen-bond acceptors (Lipinski definition) is 6. The maximum Gasteiger partial charge on any atom is 0.236 e. The van der Waals surface area contributed by atoms with Crippen molar-refractivity contribution in [2.24, 2.45) is 0 Å². The van der Waals surface area contributed by atoms with Gasteiger partial charge < -0.3 is 15.0 Å². The Kier molecular flexibility index (Phi) is 5.07. The van der Waals surface area contributed by atoms with E-state index < -0.39 is 0 Å². The van der Waals surface area contributed by atoms with Gasteiger partial charge in [0.25, 0.3) is 0 Å². The Hall–Kier alpha value is -1.73. The number of ether oxygens (including phenoxy) is 1. The molecule has 3 rings (SSSR count). The molecule has 23 heavy (non-hydrogen) atoms. The molecule has 1 N–H and O–H groups in total. The van der Waals surface area contributed by atoms with Crippen LogP contribution in [0.15, 0.2) is 6.07 Å². The van der Waals surface area contributed by atoms with Crippen LogP contribution in [0.3, 0.4) is 0 Å². The van der Waals surface area contributed by atoms with Crippen molar-refractivity contribution in [3.63, 3.8) is 0 Å². The molecule has 0 bridgehead atoms. The average Bonchev–Trinajstić information content (AvgIpc) is 3.03. The van der Waals surface area contributed by atoms with Crippen LogP contribution in [0.4, 0.5) is 5.82 Å². The molecule has 0 spiro atoms. The van der Waals surface area contributed by atoms with Gasteiger partial charge in [-0.3, -0.25) is 9.69 Å². The summed E-state index contributed by atoms with van der Waals surface area (Å²) in [7, 11) is 1.86. The van der Waals surface area contributed by atoms with Crippen LogP contribution in [0, 0.1) is 6.92 Å². The average molecular weight is 319 g/mol. The van der Waals surface area contributed by atoms with Crippen molar-refractivity contribution in [2.45, 2.75) is 25.8 Å². The summed E-state index contributed by atoms with van der Waals surface area (Å²) in [6.45, 7) is 6.00. The summed E-state index contributed by atoms with van der Waals surface area (Å²) < 4.78 is 5.32. The molecule has 0 aliphatic carbocycles. The van der Waals surface area contributed by atoms with E-state index in [-0.39, 0.29) is 11.9 Å². The summed E-state index contributed by atoms with van der Waals surface area (Å²) in [6, 6.07) is 2.20. The number of nitrogens with one attached hydrogen (secondary N) is 1. The number of nitrogens with zero attached hydrogens (tertiary/aromatic N) is 4. The van der Waals surface area contributed by atoms with Gasteiger partial charge in [-0.15, -0.1) is 0 Å². The number of aryl methyl sites for hydroxylation is 1. The van der Waals surface area contributed by atoms with Gasteiger partial charge in [0.15, 0.2) is 0 Å². The number of aromatic nitrogens is 2. The molecule has 7 nitrogen and oxygen atoms in total. The van der Waals surface area contributed by atoms with Crippen LogP contribution < -0.4 is 5.32 Å². The Balaban J connectivity index is 1.70. The van der Waals surface area contributed by atoms with Crippen molar-refractivity contribution in [1.82, 2.24) is 19.8 Å². The summed E-state index contributed by atoms with van der Waals surface area (Å²) in [4.78, 5) is 25.6. The van der Waals surface area contributed by atoms with Crippen LogP contribution in [-0.4, -0.2) is 72.1 Å². The number of carbonyl (C=O) groups excluding carboxylic acids is 1. The van der Waals surface area contributed by atoms with Crippen molar-refractivity contribution in [3.8, 4) is 0 Å². The zero-order valence-electron chi connectivity index (χ0n) is 13.9. The van der Waals surface area contributed by atoms with Crippen LogP contribution >= 0.6 is 0 Å². The maximum absolute atomic E-state index is 12.5. The molecular weight excluding hydrogens is 294 g/mol. The highest BCUT2D eigenvalue weighted by Crippen LogP contribution is 2.31. The lowest BCUT2D eigenvalue weighted by Crippen LogP contribution is -2.45. The highest BCUT2D eigenvalue weighted by atomic mass is 16.5. The number of anilines is 1. The first kappa shape index (κ1) is 16.1. The molecule has 1 amide bonds.